The molecule has 0 bridgehead atoms. The van der Waals surface area contributed by atoms with E-state index in [1.807, 2.05) is 109 Å². The predicted molar refractivity (Wildman–Crippen MR) is 187 cm³/mol. The molecule has 0 aliphatic heterocycles. The monoisotopic (exact) mass is 684 g/mol. The summed E-state index contributed by atoms with van der Waals surface area (Å²) in [5.41, 5.74) is 3.36. The second-order valence-corrected chi connectivity index (χ2v) is 11.8. The van der Waals surface area contributed by atoms with E-state index in [1.165, 1.54) is 0 Å². The highest BCUT2D eigenvalue weighted by Gasteiger charge is 2.24. The van der Waals surface area contributed by atoms with Gasteiger partial charge in [0.1, 0.15) is 17.5 Å². The first-order valence-electron chi connectivity index (χ1n) is 14.9. The third kappa shape index (κ3) is 7.40. The zero-order valence-electron chi connectivity index (χ0n) is 25.0. The first-order valence-corrected chi connectivity index (χ1v) is 15.7. The van der Waals surface area contributed by atoms with Gasteiger partial charge in [-0.3, -0.25) is 9.59 Å². The van der Waals surface area contributed by atoms with Crippen molar-refractivity contribution in [2.45, 2.75) is 12.5 Å². The lowest BCUT2D eigenvalue weighted by atomic mass is 9.99. The molecular formula is C39H29BrN2O5. The summed E-state index contributed by atoms with van der Waals surface area (Å²) in [5, 5.41) is 17.2. The quantitative estimate of drug-likeness (QED) is 0.134. The Kier molecular flexibility index (Phi) is 9.41. The van der Waals surface area contributed by atoms with Crippen molar-refractivity contribution in [1.82, 2.24) is 5.32 Å². The molecule has 0 heterocycles. The largest absolute Gasteiger partial charge is 0.480 e. The number of halogens is 1. The van der Waals surface area contributed by atoms with Crippen LogP contribution >= 0.6 is 15.9 Å². The Morgan fingerprint density at radius 2 is 1.40 bits per heavy atom. The molecule has 6 aromatic rings. The molecular weight excluding hydrogens is 656 g/mol. The van der Waals surface area contributed by atoms with Gasteiger partial charge in [-0.25, -0.2) is 4.79 Å². The van der Waals surface area contributed by atoms with Crippen molar-refractivity contribution in [1.29, 1.82) is 0 Å². The lowest BCUT2D eigenvalue weighted by molar-refractivity contribution is -0.139. The van der Waals surface area contributed by atoms with Crippen LogP contribution in [0.3, 0.4) is 0 Å². The zero-order chi connectivity index (χ0) is 32.8. The Hall–Kier alpha value is -5.73. The minimum Gasteiger partial charge on any atom is -0.480 e. The third-order valence-corrected chi connectivity index (χ3v) is 8.17. The van der Waals surface area contributed by atoms with E-state index in [0.717, 1.165) is 33.2 Å². The lowest BCUT2D eigenvalue weighted by Crippen LogP contribution is -2.42. The maximum Gasteiger partial charge on any atom is 0.326 e. The Morgan fingerprint density at radius 3 is 2.19 bits per heavy atom. The Labute approximate surface area is 280 Å². The molecule has 6 rings (SSSR count). The van der Waals surface area contributed by atoms with E-state index in [9.17, 15) is 19.5 Å². The molecule has 3 N–H and O–H groups in total. The predicted octanol–water partition coefficient (Wildman–Crippen LogP) is 8.74. The normalized spacial score (nSPS) is 11.4. The van der Waals surface area contributed by atoms with Gasteiger partial charge in [-0.15, -0.1) is 0 Å². The number of anilines is 1. The van der Waals surface area contributed by atoms with Crippen LogP contribution in [0.2, 0.25) is 0 Å². The van der Waals surface area contributed by atoms with Crippen LogP contribution in [0.4, 0.5) is 5.69 Å². The number of carboxylic acid groups (broad SMARTS) is 1. The van der Waals surface area contributed by atoms with E-state index < -0.39 is 17.9 Å². The number of ether oxygens (including phenoxy) is 1. The first-order chi connectivity index (χ1) is 22.9. The fourth-order valence-electron chi connectivity index (χ4n) is 5.33. The van der Waals surface area contributed by atoms with Crippen molar-refractivity contribution >= 4 is 50.2 Å². The third-order valence-electron chi connectivity index (χ3n) is 7.67. The molecule has 7 nitrogen and oxygen atoms in total. The Morgan fingerprint density at radius 1 is 0.702 bits per heavy atom. The Bertz CT molecular complexity index is 2070. The standard InChI is InChI=1S/C39H29BrN2O5/c40-28-21-22-34(41-37(43)32-15-8-10-26-9-4-5-13-30(26)32)33(24-28)38(44)42-35(39(45)46)23-25-17-19-27(20-18-25)31-14-6-7-16-36(31)47-29-11-2-1-3-12-29/h1-22,24,35H,23H2,(H,41,43)(H,42,44)(H,45,46)/t35-/m0/s1. The SMILES string of the molecule is O=C(N[C@@H](Cc1ccc(-c2ccccc2Oc2ccccc2)cc1)C(=O)O)c1cc(Br)ccc1NC(=O)c1cccc2ccccc12. The van der Waals surface area contributed by atoms with E-state index in [1.54, 1.807) is 30.3 Å². The molecule has 0 fully saturated rings. The molecule has 2 amide bonds. The summed E-state index contributed by atoms with van der Waals surface area (Å²) >= 11 is 3.39. The van der Waals surface area contributed by atoms with Crippen molar-refractivity contribution in [2.75, 3.05) is 5.32 Å². The highest BCUT2D eigenvalue weighted by atomic mass is 79.9. The molecule has 232 valence electrons. The summed E-state index contributed by atoms with van der Waals surface area (Å²) < 4.78 is 6.71. The van der Waals surface area contributed by atoms with E-state index in [2.05, 4.69) is 26.6 Å². The van der Waals surface area contributed by atoms with Crippen LogP contribution < -0.4 is 15.4 Å². The summed E-state index contributed by atoms with van der Waals surface area (Å²) in [5.74, 6) is -0.780. The molecule has 0 aliphatic carbocycles. The summed E-state index contributed by atoms with van der Waals surface area (Å²) in [7, 11) is 0. The maximum absolute atomic E-state index is 13.5. The number of carboxylic acids is 1. The molecule has 0 aliphatic rings. The smallest absolute Gasteiger partial charge is 0.326 e. The molecule has 0 saturated heterocycles. The number of carbonyl (C=O) groups excluding carboxylic acids is 2. The van der Waals surface area contributed by atoms with Gasteiger partial charge in [0.15, 0.2) is 0 Å². The van der Waals surface area contributed by atoms with Crippen LogP contribution in [-0.4, -0.2) is 28.9 Å². The molecule has 0 radical (unpaired) electrons. The van der Waals surface area contributed by atoms with Crippen LogP contribution in [0.1, 0.15) is 26.3 Å². The summed E-state index contributed by atoms with van der Waals surface area (Å²) in [6.07, 6.45) is 0.0508. The minimum atomic E-state index is -1.22. The van der Waals surface area contributed by atoms with E-state index in [4.69, 9.17) is 4.74 Å². The van der Waals surface area contributed by atoms with E-state index in [0.29, 0.717) is 15.8 Å². The fourth-order valence-corrected chi connectivity index (χ4v) is 5.69. The highest BCUT2D eigenvalue weighted by Crippen LogP contribution is 2.33. The van der Waals surface area contributed by atoms with Crippen molar-refractivity contribution in [3.63, 3.8) is 0 Å². The van der Waals surface area contributed by atoms with Gasteiger partial charge in [-0.05, 0) is 64.4 Å². The summed E-state index contributed by atoms with van der Waals surface area (Å²) in [6, 6.07) is 41.3. The van der Waals surface area contributed by atoms with Gasteiger partial charge in [0, 0.05) is 22.0 Å². The van der Waals surface area contributed by atoms with Crippen molar-refractivity contribution in [3.05, 3.63) is 161 Å². The molecule has 0 aromatic heterocycles. The number of nitrogens with one attached hydrogen (secondary N) is 2. The maximum atomic E-state index is 13.5. The van der Waals surface area contributed by atoms with Gasteiger partial charge in [-0.2, -0.15) is 0 Å². The van der Waals surface area contributed by atoms with Crippen molar-refractivity contribution in [3.8, 4) is 22.6 Å². The Balaban J connectivity index is 1.18. The van der Waals surface area contributed by atoms with Crippen LogP contribution in [0.25, 0.3) is 21.9 Å². The number of aliphatic carboxylic acids is 1. The fraction of sp³-hybridized carbons (Fsp3) is 0.0513. The van der Waals surface area contributed by atoms with Crippen LogP contribution in [0.5, 0.6) is 11.5 Å². The molecule has 8 heteroatoms. The van der Waals surface area contributed by atoms with Crippen LogP contribution in [0.15, 0.2) is 144 Å². The number of fused-ring (bicyclic) bond motifs is 1. The number of para-hydroxylation sites is 2. The van der Waals surface area contributed by atoms with Gasteiger partial charge < -0.3 is 20.5 Å². The van der Waals surface area contributed by atoms with E-state index >= 15 is 0 Å². The van der Waals surface area contributed by atoms with Crippen LogP contribution in [0, 0.1) is 0 Å². The molecule has 6 aromatic carbocycles. The number of amides is 2. The van der Waals surface area contributed by atoms with Crippen LogP contribution in [-0.2, 0) is 11.2 Å². The lowest BCUT2D eigenvalue weighted by Gasteiger charge is -2.18. The molecule has 47 heavy (non-hydrogen) atoms. The van der Waals surface area contributed by atoms with Gasteiger partial charge in [0.25, 0.3) is 11.8 Å². The molecule has 0 unspecified atom stereocenters. The average molecular weight is 686 g/mol. The topological polar surface area (TPSA) is 105 Å². The molecule has 1 atom stereocenters. The minimum absolute atomic E-state index is 0.0508. The van der Waals surface area contributed by atoms with E-state index in [-0.39, 0.29) is 23.6 Å². The molecule has 0 saturated carbocycles. The van der Waals surface area contributed by atoms with Gasteiger partial charge >= 0.3 is 5.97 Å². The number of hydrogen-bond acceptors (Lipinski definition) is 4. The molecule has 0 spiro atoms. The zero-order valence-corrected chi connectivity index (χ0v) is 26.6. The summed E-state index contributed by atoms with van der Waals surface area (Å²) in [4.78, 5) is 39.2. The second-order valence-electron chi connectivity index (χ2n) is 10.8. The van der Waals surface area contributed by atoms with Crippen molar-refractivity contribution in [2.24, 2.45) is 0 Å². The average Bonchev–Trinajstić information content (AvgIpc) is 3.09. The second kappa shape index (κ2) is 14.1. The number of benzene rings is 6. The summed E-state index contributed by atoms with van der Waals surface area (Å²) in [6.45, 7) is 0. The number of hydrogen-bond donors (Lipinski definition) is 3. The number of rotatable bonds is 10. The van der Waals surface area contributed by atoms with Crippen molar-refractivity contribution < 1.29 is 24.2 Å². The highest BCUT2D eigenvalue weighted by molar-refractivity contribution is 9.10. The number of carbonyl (C=O) groups is 3. The van der Waals surface area contributed by atoms with Gasteiger partial charge in [0.2, 0.25) is 0 Å². The van der Waals surface area contributed by atoms with Gasteiger partial charge in [0.05, 0.1) is 11.3 Å². The van der Waals surface area contributed by atoms with Gasteiger partial charge in [-0.1, -0.05) is 113 Å². The first kappa shape index (κ1) is 31.3.